The lowest BCUT2D eigenvalue weighted by Gasteiger charge is -2.25. The van der Waals surface area contributed by atoms with Crippen LogP contribution in [0.2, 0.25) is 10.0 Å². The number of nitrogens with one attached hydrogen (secondary N) is 1. The number of hydrogen-bond donors (Lipinski definition) is 5. The van der Waals surface area contributed by atoms with Crippen LogP contribution in [0.5, 0.6) is 17.2 Å². The van der Waals surface area contributed by atoms with Crippen LogP contribution in [-0.4, -0.2) is 81.1 Å². The molecule has 1 aliphatic rings. The summed E-state index contributed by atoms with van der Waals surface area (Å²) >= 11 is 13.6. The number of pyridine rings is 1. The van der Waals surface area contributed by atoms with Gasteiger partial charge in [-0.15, -0.1) is 0 Å². The molecule has 55 heavy (non-hydrogen) atoms. The molecule has 15 heteroatoms. The maximum atomic E-state index is 11.8. The van der Waals surface area contributed by atoms with Gasteiger partial charge in [-0.3, -0.25) is 24.8 Å². The lowest BCUT2D eigenvalue weighted by atomic mass is 9.96. The Balaban J connectivity index is 1.31. The summed E-state index contributed by atoms with van der Waals surface area (Å²) < 4.78 is 18.4. The number of aliphatic hydroxyl groups is 2. The number of rotatable bonds is 18. The highest BCUT2D eigenvalue weighted by Gasteiger charge is 2.34. The fraction of sp³-hybridized carbons (Fsp3) is 0.350. The number of aromatic nitrogens is 1. The molecule has 1 aromatic heterocycles. The van der Waals surface area contributed by atoms with Gasteiger partial charge in [-0.1, -0.05) is 53.5 Å². The average molecular weight is 793 g/mol. The molecular weight excluding hydrogens is 749 g/mol. The second-order valence-electron chi connectivity index (χ2n) is 13.5. The van der Waals surface area contributed by atoms with E-state index in [0.29, 0.717) is 71.5 Å². The first kappa shape index (κ1) is 41.2. The summed E-state index contributed by atoms with van der Waals surface area (Å²) in [5.74, 6) is -0.494. The van der Waals surface area contributed by atoms with E-state index in [2.05, 4.69) is 16.4 Å². The van der Waals surface area contributed by atoms with Gasteiger partial charge in [0.1, 0.15) is 42.1 Å². The Morgan fingerprint density at radius 2 is 1.78 bits per heavy atom. The minimum absolute atomic E-state index is 0.00178. The van der Waals surface area contributed by atoms with Gasteiger partial charge in [0.25, 0.3) is 0 Å². The number of halogens is 2. The van der Waals surface area contributed by atoms with E-state index in [4.69, 9.17) is 43.1 Å². The van der Waals surface area contributed by atoms with Gasteiger partial charge in [0.2, 0.25) is 5.91 Å². The number of hydrogen-bond acceptors (Lipinski definition) is 11. The molecule has 3 aromatic carbocycles. The fourth-order valence-corrected chi connectivity index (χ4v) is 6.75. The second-order valence-corrected chi connectivity index (χ2v) is 14.3. The molecule has 1 saturated heterocycles. The molecule has 0 spiro atoms. The van der Waals surface area contributed by atoms with E-state index in [1.807, 2.05) is 42.2 Å². The third-order valence-electron chi connectivity index (χ3n) is 9.53. The maximum absolute atomic E-state index is 11.8. The predicted molar refractivity (Wildman–Crippen MR) is 206 cm³/mol. The summed E-state index contributed by atoms with van der Waals surface area (Å²) in [5, 5.41) is 42.2. The number of primary amides is 1. The van der Waals surface area contributed by atoms with Crippen molar-refractivity contribution in [2.24, 2.45) is 5.73 Å². The Morgan fingerprint density at radius 1 is 1.04 bits per heavy atom. The molecule has 0 aliphatic carbocycles. The molecule has 290 valence electrons. The number of carboxylic acid groups (broad SMARTS) is 1. The zero-order chi connectivity index (χ0) is 39.7. The van der Waals surface area contributed by atoms with Crippen molar-refractivity contribution < 1.29 is 39.1 Å². The first-order valence-electron chi connectivity index (χ1n) is 17.6. The Bertz CT molecular complexity index is 2060. The SMILES string of the molecule is Cc1c(COc2cc(OCc3cncc(C#N)c3)c(CN[C@](C)(CO)C(=O)O)cc2Cl)cccc1-c1cccc(OCCCN2C[C@H](O)C[C@H]2C(N)=O)c1Cl. The first-order chi connectivity index (χ1) is 26.3. The maximum Gasteiger partial charge on any atom is 0.326 e. The zero-order valence-electron chi connectivity index (χ0n) is 30.4. The van der Waals surface area contributed by atoms with E-state index in [0.717, 1.165) is 22.3 Å². The molecule has 3 atom stereocenters. The summed E-state index contributed by atoms with van der Waals surface area (Å²) in [6, 6.07) is 17.8. The number of aliphatic hydroxyl groups excluding tert-OH is 2. The van der Waals surface area contributed by atoms with Crippen LogP contribution in [0, 0.1) is 18.3 Å². The average Bonchev–Trinajstić information content (AvgIpc) is 3.56. The number of β-amino-alcohol motifs (C(OH)–C–C–N with tert-alkyl or cyclic N) is 1. The number of carboxylic acids is 1. The number of amides is 1. The van der Waals surface area contributed by atoms with Crippen LogP contribution in [0.3, 0.4) is 0 Å². The summed E-state index contributed by atoms with van der Waals surface area (Å²) in [4.78, 5) is 29.5. The molecule has 13 nitrogen and oxygen atoms in total. The standard InChI is InChI=1S/C40H43Cl2N5O8/c1-24-27(6-3-7-30(24)31-8-4-9-34(37(31)42)53-11-5-10-47-20-29(49)14-33(47)38(44)50)22-55-36-15-35(54-21-26-12-25(16-43)17-45-18-26)28(13-32(36)41)19-46-40(2,23-48)39(51)52/h3-4,6-9,12-13,15,17-18,29,33,46,48-49H,5,10-11,14,19-23H2,1-2H3,(H2,44,50)(H,51,52)/t29-,33+,40-/m1/s1. The largest absolute Gasteiger partial charge is 0.492 e. The molecule has 1 fully saturated rings. The van der Waals surface area contributed by atoms with Gasteiger partial charge < -0.3 is 35.3 Å². The molecule has 0 bridgehead atoms. The van der Waals surface area contributed by atoms with Crippen molar-refractivity contribution in [1.82, 2.24) is 15.2 Å². The lowest BCUT2D eigenvalue weighted by molar-refractivity contribution is -0.146. The Kier molecular flexibility index (Phi) is 13.9. The molecule has 0 radical (unpaired) electrons. The second kappa shape index (κ2) is 18.6. The van der Waals surface area contributed by atoms with E-state index >= 15 is 0 Å². The molecule has 1 aliphatic heterocycles. The van der Waals surface area contributed by atoms with E-state index in [1.54, 1.807) is 30.5 Å². The minimum Gasteiger partial charge on any atom is -0.492 e. The molecule has 0 saturated carbocycles. The fourth-order valence-electron chi connectivity index (χ4n) is 6.23. The number of carbonyl (C=O) groups is 2. The van der Waals surface area contributed by atoms with Crippen LogP contribution in [0.15, 0.2) is 67.0 Å². The van der Waals surface area contributed by atoms with Gasteiger partial charge in [-0.2, -0.15) is 5.26 Å². The smallest absolute Gasteiger partial charge is 0.326 e. The Hall–Kier alpha value is -4.94. The highest BCUT2D eigenvalue weighted by Crippen LogP contribution is 2.39. The Morgan fingerprint density at radius 3 is 2.51 bits per heavy atom. The van der Waals surface area contributed by atoms with Crippen molar-refractivity contribution in [1.29, 1.82) is 5.26 Å². The summed E-state index contributed by atoms with van der Waals surface area (Å²) in [7, 11) is 0. The highest BCUT2D eigenvalue weighted by atomic mass is 35.5. The molecule has 1 amide bonds. The molecule has 0 unspecified atom stereocenters. The summed E-state index contributed by atoms with van der Waals surface area (Å²) in [6.07, 6.45) is 3.38. The van der Waals surface area contributed by atoms with Gasteiger partial charge >= 0.3 is 5.97 Å². The molecule has 5 rings (SSSR count). The van der Waals surface area contributed by atoms with Crippen molar-refractivity contribution in [2.45, 2.75) is 64.1 Å². The minimum atomic E-state index is -1.61. The van der Waals surface area contributed by atoms with Crippen molar-refractivity contribution in [3.05, 3.63) is 105 Å². The van der Waals surface area contributed by atoms with E-state index < -0.39 is 36.2 Å². The van der Waals surface area contributed by atoms with Crippen molar-refractivity contribution >= 4 is 35.1 Å². The third kappa shape index (κ3) is 10.2. The predicted octanol–water partition coefficient (Wildman–Crippen LogP) is 5.01. The molecule has 6 N–H and O–H groups in total. The number of benzene rings is 3. The molecule has 2 heterocycles. The quantitative estimate of drug-likeness (QED) is 0.0846. The van der Waals surface area contributed by atoms with Crippen LogP contribution in [0.1, 0.15) is 47.6 Å². The van der Waals surface area contributed by atoms with Gasteiger partial charge in [0.05, 0.1) is 41.0 Å². The summed E-state index contributed by atoms with van der Waals surface area (Å²) in [6.45, 7) is 4.16. The molecule has 4 aromatic rings. The van der Waals surface area contributed by atoms with Crippen LogP contribution in [-0.2, 0) is 29.3 Å². The number of likely N-dealkylation sites (tertiary alicyclic amines) is 1. The number of aliphatic carboxylic acids is 1. The highest BCUT2D eigenvalue weighted by molar-refractivity contribution is 6.35. The summed E-state index contributed by atoms with van der Waals surface area (Å²) in [5.41, 5.74) is 8.85. The van der Waals surface area contributed by atoms with Gasteiger partial charge in [0, 0.05) is 54.8 Å². The van der Waals surface area contributed by atoms with Crippen LogP contribution in [0.25, 0.3) is 11.1 Å². The lowest BCUT2D eigenvalue weighted by Crippen LogP contribution is -2.52. The topological polar surface area (TPSA) is 200 Å². The van der Waals surface area contributed by atoms with E-state index in [9.17, 15) is 30.2 Å². The third-order valence-corrected chi connectivity index (χ3v) is 10.2. The number of nitriles is 1. The number of carbonyl (C=O) groups excluding carboxylic acids is 1. The monoisotopic (exact) mass is 791 g/mol. The number of nitrogens with two attached hydrogens (primary N) is 1. The zero-order valence-corrected chi connectivity index (χ0v) is 31.9. The number of ether oxygens (including phenoxy) is 3. The van der Waals surface area contributed by atoms with Crippen LogP contribution < -0.4 is 25.3 Å². The number of nitrogens with zero attached hydrogens (tertiary/aromatic N) is 3. The Labute approximate surface area is 329 Å². The van der Waals surface area contributed by atoms with Crippen LogP contribution in [0.4, 0.5) is 0 Å². The normalized spacial score (nSPS) is 16.6. The van der Waals surface area contributed by atoms with Gasteiger partial charge in [-0.05, 0) is 61.6 Å². The van der Waals surface area contributed by atoms with Gasteiger partial charge in [-0.25, -0.2) is 0 Å². The van der Waals surface area contributed by atoms with Gasteiger partial charge in [0.15, 0.2) is 0 Å². The van der Waals surface area contributed by atoms with Crippen molar-refractivity contribution in [3.63, 3.8) is 0 Å². The van der Waals surface area contributed by atoms with E-state index in [1.165, 1.54) is 13.1 Å². The van der Waals surface area contributed by atoms with Crippen molar-refractivity contribution in [3.8, 4) is 34.4 Å². The van der Waals surface area contributed by atoms with E-state index in [-0.39, 0.29) is 24.8 Å². The van der Waals surface area contributed by atoms with Crippen LogP contribution >= 0.6 is 23.2 Å². The molecular formula is C40H43Cl2N5O8. The first-order valence-corrected chi connectivity index (χ1v) is 18.3. The van der Waals surface area contributed by atoms with Crippen molar-refractivity contribution in [2.75, 3.05) is 26.3 Å².